The Hall–Kier alpha value is -3.09. The first-order chi connectivity index (χ1) is 16.4. The maximum absolute atomic E-state index is 13.5. The van der Waals surface area contributed by atoms with Crippen LogP contribution in [-0.4, -0.2) is 37.6 Å². The number of carbonyl (C=O) groups is 1. The Bertz CT molecular complexity index is 1170. The van der Waals surface area contributed by atoms with Crippen molar-refractivity contribution in [3.05, 3.63) is 93.8 Å². The van der Waals surface area contributed by atoms with E-state index in [0.717, 1.165) is 29.7 Å². The lowest BCUT2D eigenvalue weighted by Gasteiger charge is -2.41. The van der Waals surface area contributed by atoms with E-state index in [1.165, 1.54) is 12.1 Å². The van der Waals surface area contributed by atoms with Crippen LogP contribution in [-0.2, 0) is 13.0 Å². The molecule has 0 radical (unpaired) electrons. The van der Waals surface area contributed by atoms with E-state index in [1.54, 1.807) is 50.6 Å². The van der Waals surface area contributed by atoms with Crippen molar-refractivity contribution in [2.45, 2.75) is 32.0 Å². The number of hydrogen-bond donors (Lipinski definition) is 1. The standard InChI is InChI=1S/C27H28ClFN2O3/c1-17(30-27(32)20-5-4-6-21(28)13-20)26-23-15-25(34-3)24(33-2)14-19(23)11-12-31(26)16-18-7-9-22(29)10-8-18/h4-10,13-15,17,26H,11-12,16H2,1-3H3,(H,30,32)/t17-,26+/m0/s1. The zero-order valence-electron chi connectivity index (χ0n) is 19.5. The molecule has 0 unspecified atom stereocenters. The highest BCUT2D eigenvalue weighted by atomic mass is 35.5. The first-order valence-electron chi connectivity index (χ1n) is 11.2. The molecule has 1 amide bonds. The third-order valence-corrected chi connectivity index (χ3v) is 6.48. The summed E-state index contributed by atoms with van der Waals surface area (Å²) in [5.74, 6) is 0.874. The van der Waals surface area contributed by atoms with E-state index >= 15 is 0 Å². The fourth-order valence-corrected chi connectivity index (χ4v) is 4.80. The highest BCUT2D eigenvalue weighted by Crippen LogP contribution is 2.40. The largest absolute Gasteiger partial charge is 0.493 e. The summed E-state index contributed by atoms with van der Waals surface area (Å²) < 4.78 is 24.5. The fraction of sp³-hybridized carbons (Fsp3) is 0.296. The van der Waals surface area contributed by atoms with Crippen molar-refractivity contribution in [3.8, 4) is 11.5 Å². The van der Waals surface area contributed by atoms with E-state index in [-0.39, 0.29) is 23.8 Å². The van der Waals surface area contributed by atoms with Gasteiger partial charge in [-0.2, -0.15) is 0 Å². The van der Waals surface area contributed by atoms with Crippen molar-refractivity contribution < 1.29 is 18.7 Å². The van der Waals surface area contributed by atoms with Gasteiger partial charge in [-0.25, -0.2) is 4.39 Å². The lowest BCUT2D eigenvalue weighted by atomic mass is 9.87. The molecule has 0 saturated heterocycles. The van der Waals surface area contributed by atoms with Crippen molar-refractivity contribution >= 4 is 17.5 Å². The van der Waals surface area contributed by atoms with Crippen LogP contribution in [0.15, 0.2) is 60.7 Å². The Labute approximate surface area is 204 Å². The number of nitrogens with one attached hydrogen (secondary N) is 1. The van der Waals surface area contributed by atoms with E-state index in [0.29, 0.717) is 28.6 Å². The van der Waals surface area contributed by atoms with E-state index < -0.39 is 0 Å². The van der Waals surface area contributed by atoms with Crippen LogP contribution in [0.3, 0.4) is 0 Å². The molecule has 0 bridgehead atoms. The quantitative estimate of drug-likeness (QED) is 0.489. The molecule has 1 aliphatic rings. The average Bonchev–Trinajstić information content (AvgIpc) is 2.84. The Kier molecular flexibility index (Phi) is 7.39. The summed E-state index contributed by atoms with van der Waals surface area (Å²) in [5, 5.41) is 3.67. The van der Waals surface area contributed by atoms with Crippen LogP contribution < -0.4 is 14.8 Å². The molecule has 3 aromatic carbocycles. The molecule has 0 fully saturated rings. The number of ether oxygens (including phenoxy) is 2. The van der Waals surface area contributed by atoms with E-state index in [2.05, 4.69) is 10.2 Å². The van der Waals surface area contributed by atoms with Crippen LogP contribution >= 0.6 is 11.6 Å². The molecule has 3 aromatic rings. The number of rotatable bonds is 7. The minimum Gasteiger partial charge on any atom is -0.493 e. The molecule has 34 heavy (non-hydrogen) atoms. The average molecular weight is 483 g/mol. The summed E-state index contributed by atoms with van der Waals surface area (Å²) in [5.41, 5.74) is 3.74. The predicted octanol–water partition coefficient (Wildman–Crippen LogP) is 5.41. The third-order valence-electron chi connectivity index (χ3n) is 6.24. The molecule has 1 N–H and O–H groups in total. The highest BCUT2D eigenvalue weighted by Gasteiger charge is 2.34. The first-order valence-corrected chi connectivity index (χ1v) is 11.6. The Morgan fingerprint density at radius 2 is 1.82 bits per heavy atom. The summed E-state index contributed by atoms with van der Waals surface area (Å²) in [4.78, 5) is 15.3. The van der Waals surface area contributed by atoms with Gasteiger partial charge in [0.15, 0.2) is 11.5 Å². The maximum atomic E-state index is 13.5. The van der Waals surface area contributed by atoms with Crippen LogP contribution in [0.2, 0.25) is 5.02 Å². The summed E-state index contributed by atoms with van der Waals surface area (Å²) >= 11 is 6.09. The van der Waals surface area contributed by atoms with Crippen molar-refractivity contribution in [3.63, 3.8) is 0 Å². The van der Waals surface area contributed by atoms with Gasteiger partial charge in [0, 0.05) is 29.7 Å². The fourth-order valence-electron chi connectivity index (χ4n) is 4.61. The number of amides is 1. The van der Waals surface area contributed by atoms with Gasteiger partial charge in [0.1, 0.15) is 5.82 Å². The molecule has 0 spiro atoms. The third kappa shape index (κ3) is 5.18. The molecule has 0 aliphatic carbocycles. The molecule has 7 heteroatoms. The van der Waals surface area contributed by atoms with Gasteiger partial charge in [0.2, 0.25) is 0 Å². The Morgan fingerprint density at radius 1 is 1.12 bits per heavy atom. The second-order valence-corrected chi connectivity index (χ2v) is 8.91. The summed E-state index contributed by atoms with van der Waals surface area (Å²) in [7, 11) is 3.24. The Balaban J connectivity index is 1.68. The van der Waals surface area contributed by atoms with Crippen LogP contribution in [0.5, 0.6) is 11.5 Å². The highest BCUT2D eigenvalue weighted by molar-refractivity contribution is 6.30. The predicted molar refractivity (Wildman–Crippen MR) is 131 cm³/mol. The number of methoxy groups -OCH3 is 2. The van der Waals surface area contributed by atoms with Gasteiger partial charge in [0.25, 0.3) is 5.91 Å². The lowest BCUT2D eigenvalue weighted by Crippen LogP contribution is -2.47. The second kappa shape index (κ2) is 10.5. The SMILES string of the molecule is COc1cc2c(cc1OC)[C@@H]([C@H](C)NC(=O)c1cccc(Cl)c1)N(Cc1ccc(F)cc1)CC2. The van der Waals surface area contributed by atoms with Gasteiger partial charge in [-0.15, -0.1) is 0 Å². The van der Waals surface area contributed by atoms with E-state index in [4.69, 9.17) is 21.1 Å². The molecular formula is C27H28ClFN2O3. The van der Waals surface area contributed by atoms with Crippen molar-refractivity contribution in [2.75, 3.05) is 20.8 Å². The summed E-state index contributed by atoms with van der Waals surface area (Å²) in [6.07, 6.45) is 0.822. The zero-order chi connectivity index (χ0) is 24.2. The van der Waals surface area contributed by atoms with Gasteiger partial charge in [-0.1, -0.05) is 29.8 Å². The maximum Gasteiger partial charge on any atom is 0.251 e. The molecule has 0 saturated carbocycles. The van der Waals surface area contributed by atoms with Gasteiger partial charge in [-0.3, -0.25) is 9.69 Å². The monoisotopic (exact) mass is 482 g/mol. The molecular weight excluding hydrogens is 455 g/mol. The van der Waals surface area contributed by atoms with Crippen LogP contribution in [0.25, 0.3) is 0 Å². The molecule has 5 nitrogen and oxygen atoms in total. The van der Waals surface area contributed by atoms with E-state index in [9.17, 15) is 9.18 Å². The van der Waals surface area contributed by atoms with Gasteiger partial charge >= 0.3 is 0 Å². The smallest absolute Gasteiger partial charge is 0.251 e. The van der Waals surface area contributed by atoms with Crippen molar-refractivity contribution in [1.82, 2.24) is 10.2 Å². The normalized spacial score (nSPS) is 16.4. The molecule has 2 atom stereocenters. The molecule has 0 aromatic heterocycles. The summed E-state index contributed by atoms with van der Waals surface area (Å²) in [6.45, 7) is 3.40. The number of benzene rings is 3. The number of hydrogen-bond acceptors (Lipinski definition) is 4. The minimum atomic E-state index is -0.261. The van der Waals surface area contributed by atoms with Gasteiger partial charge in [-0.05, 0) is 72.5 Å². The number of halogens is 2. The van der Waals surface area contributed by atoms with Crippen molar-refractivity contribution in [2.24, 2.45) is 0 Å². The first kappa shape index (κ1) is 24.0. The number of nitrogens with zero attached hydrogens (tertiary/aromatic N) is 1. The topological polar surface area (TPSA) is 50.8 Å². The summed E-state index contributed by atoms with van der Waals surface area (Å²) in [6, 6.07) is 17.1. The second-order valence-electron chi connectivity index (χ2n) is 8.47. The molecule has 1 heterocycles. The molecule has 178 valence electrons. The molecule has 4 rings (SSSR count). The minimum absolute atomic E-state index is 0.128. The van der Waals surface area contributed by atoms with Gasteiger partial charge in [0.05, 0.1) is 20.3 Å². The number of carbonyl (C=O) groups excluding carboxylic acids is 1. The zero-order valence-corrected chi connectivity index (χ0v) is 20.2. The molecule has 1 aliphatic heterocycles. The van der Waals surface area contributed by atoms with Crippen LogP contribution in [0.1, 0.15) is 40.0 Å². The van der Waals surface area contributed by atoms with Gasteiger partial charge < -0.3 is 14.8 Å². The Morgan fingerprint density at radius 3 is 2.50 bits per heavy atom. The van der Waals surface area contributed by atoms with E-state index in [1.807, 2.05) is 19.1 Å². The number of fused-ring (bicyclic) bond motifs is 1. The van der Waals surface area contributed by atoms with Crippen molar-refractivity contribution in [1.29, 1.82) is 0 Å². The van der Waals surface area contributed by atoms with Crippen LogP contribution in [0, 0.1) is 5.82 Å². The van der Waals surface area contributed by atoms with Crippen LogP contribution in [0.4, 0.5) is 4.39 Å². The lowest BCUT2D eigenvalue weighted by molar-refractivity contribution is 0.0877.